The van der Waals surface area contributed by atoms with Gasteiger partial charge in [-0.15, -0.1) is 0 Å². The van der Waals surface area contributed by atoms with Crippen molar-refractivity contribution in [2.75, 3.05) is 6.54 Å². The van der Waals surface area contributed by atoms with Crippen molar-refractivity contribution >= 4 is 6.09 Å². The molecule has 0 radical (unpaired) electrons. The van der Waals surface area contributed by atoms with Gasteiger partial charge in [-0.05, 0) is 27.7 Å². The lowest BCUT2D eigenvalue weighted by molar-refractivity contribution is 0.0534. The van der Waals surface area contributed by atoms with Gasteiger partial charge < -0.3 is 10.1 Å². The molecule has 0 aliphatic heterocycles. The molecule has 0 aliphatic carbocycles. The summed E-state index contributed by atoms with van der Waals surface area (Å²) in [5.41, 5.74) is 0.632. The second-order valence-electron chi connectivity index (χ2n) is 4.43. The van der Waals surface area contributed by atoms with Crippen LogP contribution >= 0.6 is 0 Å². The molecule has 0 unspecified atom stereocenters. The predicted molar refractivity (Wildman–Crippen MR) is 67.3 cm³/mol. The van der Waals surface area contributed by atoms with Gasteiger partial charge in [0.05, 0.1) is 0 Å². The van der Waals surface area contributed by atoms with Gasteiger partial charge in [0.15, 0.2) is 0 Å². The fourth-order valence-corrected chi connectivity index (χ4v) is 0.943. The molecule has 16 heavy (non-hydrogen) atoms. The molecule has 0 heterocycles. The molecule has 0 atom stereocenters. The van der Waals surface area contributed by atoms with Crippen molar-refractivity contribution in [1.82, 2.24) is 5.32 Å². The topological polar surface area (TPSA) is 38.3 Å². The molecule has 0 bridgehead atoms. The fourth-order valence-electron chi connectivity index (χ4n) is 0.943. The molecule has 0 aromatic rings. The molecule has 1 amide bonds. The maximum atomic E-state index is 11.2. The Bertz CT molecular complexity index is 296. The van der Waals surface area contributed by atoms with E-state index in [9.17, 15) is 4.79 Å². The summed E-state index contributed by atoms with van der Waals surface area (Å²) in [6, 6.07) is 0. The van der Waals surface area contributed by atoms with Crippen LogP contribution in [0.2, 0.25) is 0 Å². The van der Waals surface area contributed by atoms with Crippen molar-refractivity contribution in [3.8, 4) is 0 Å². The Balaban J connectivity index is 3.87. The van der Waals surface area contributed by atoms with Gasteiger partial charge in [0.25, 0.3) is 0 Å². The lowest BCUT2D eigenvalue weighted by Gasteiger charge is -2.19. The van der Waals surface area contributed by atoms with E-state index in [-0.39, 0.29) is 0 Å². The van der Waals surface area contributed by atoms with Crippen LogP contribution in [0.4, 0.5) is 4.79 Å². The number of carbonyl (C=O) groups excluding carboxylic acids is 1. The fraction of sp³-hybridized carbons (Fsp3) is 0.462. The van der Waals surface area contributed by atoms with Crippen molar-refractivity contribution < 1.29 is 9.53 Å². The summed E-state index contributed by atoms with van der Waals surface area (Å²) in [7, 11) is 0. The quantitative estimate of drug-likeness (QED) is 0.743. The van der Waals surface area contributed by atoms with Gasteiger partial charge in [-0.2, -0.15) is 0 Å². The summed E-state index contributed by atoms with van der Waals surface area (Å²) in [5, 5.41) is 2.64. The number of hydrogen-bond donors (Lipinski definition) is 1. The van der Waals surface area contributed by atoms with Crippen LogP contribution < -0.4 is 5.32 Å². The third-order valence-corrected chi connectivity index (χ3v) is 1.52. The highest BCUT2D eigenvalue weighted by Crippen LogP contribution is 2.06. The highest BCUT2D eigenvalue weighted by atomic mass is 16.6. The minimum absolute atomic E-state index is 0.400. The molecular weight excluding hydrogens is 202 g/mol. The van der Waals surface area contributed by atoms with Crippen LogP contribution in [-0.4, -0.2) is 18.2 Å². The zero-order chi connectivity index (χ0) is 12.6. The van der Waals surface area contributed by atoms with Crippen LogP contribution in [0.5, 0.6) is 0 Å². The first-order valence-corrected chi connectivity index (χ1v) is 5.28. The number of alkyl carbamates (subject to hydrolysis) is 1. The highest BCUT2D eigenvalue weighted by Gasteiger charge is 2.14. The van der Waals surface area contributed by atoms with E-state index in [1.165, 1.54) is 0 Å². The summed E-state index contributed by atoms with van der Waals surface area (Å²) < 4.78 is 5.08. The molecular formula is C13H21NO2. The molecule has 0 aliphatic rings. The second-order valence-corrected chi connectivity index (χ2v) is 4.43. The Labute approximate surface area is 97.9 Å². The van der Waals surface area contributed by atoms with E-state index in [1.807, 2.05) is 45.9 Å². The lowest BCUT2D eigenvalue weighted by atomic mass is 10.2. The minimum Gasteiger partial charge on any atom is -0.444 e. The van der Waals surface area contributed by atoms with Crippen LogP contribution in [0.1, 0.15) is 27.7 Å². The second kappa shape index (κ2) is 6.88. The molecule has 0 rings (SSSR count). The summed E-state index contributed by atoms with van der Waals surface area (Å²) >= 11 is 0. The zero-order valence-corrected chi connectivity index (χ0v) is 10.5. The lowest BCUT2D eigenvalue weighted by Crippen LogP contribution is -2.32. The Kier molecular flexibility index (Phi) is 6.23. The normalized spacial score (nSPS) is 12.6. The first-order chi connectivity index (χ1) is 7.35. The van der Waals surface area contributed by atoms with Crippen LogP contribution in [0.15, 0.2) is 36.5 Å². The predicted octanol–water partition coefficient (Wildman–Crippen LogP) is 3.20. The summed E-state index contributed by atoms with van der Waals surface area (Å²) in [4.78, 5) is 11.2. The van der Waals surface area contributed by atoms with E-state index in [4.69, 9.17) is 4.74 Å². The van der Waals surface area contributed by atoms with Gasteiger partial charge in [-0.1, -0.05) is 36.5 Å². The number of amides is 1. The van der Waals surface area contributed by atoms with Crippen LogP contribution in [0.25, 0.3) is 0 Å². The molecule has 0 aromatic heterocycles. The average molecular weight is 223 g/mol. The summed E-state index contributed by atoms with van der Waals surface area (Å²) in [6.45, 7) is 11.5. The number of rotatable bonds is 4. The highest BCUT2D eigenvalue weighted by molar-refractivity contribution is 5.67. The van der Waals surface area contributed by atoms with Crippen molar-refractivity contribution in [2.45, 2.75) is 33.3 Å². The molecule has 0 saturated carbocycles. The first-order valence-electron chi connectivity index (χ1n) is 5.28. The molecule has 90 valence electrons. The van der Waals surface area contributed by atoms with Crippen molar-refractivity contribution in [3.05, 3.63) is 36.5 Å². The largest absolute Gasteiger partial charge is 0.444 e. The van der Waals surface area contributed by atoms with E-state index >= 15 is 0 Å². The number of nitrogens with one attached hydrogen (secondary N) is 1. The minimum atomic E-state index is -0.452. The summed E-state index contributed by atoms with van der Waals surface area (Å²) in [6.07, 6.45) is 6.99. The van der Waals surface area contributed by atoms with Crippen molar-refractivity contribution in [1.29, 1.82) is 0 Å². The molecule has 0 aromatic carbocycles. The van der Waals surface area contributed by atoms with Gasteiger partial charge in [-0.25, -0.2) is 4.79 Å². The zero-order valence-electron chi connectivity index (χ0n) is 10.5. The Morgan fingerprint density at radius 3 is 2.56 bits per heavy atom. The molecule has 0 spiro atoms. The van der Waals surface area contributed by atoms with E-state index in [0.717, 1.165) is 5.57 Å². The van der Waals surface area contributed by atoms with Gasteiger partial charge in [-0.3, -0.25) is 0 Å². The maximum absolute atomic E-state index is 11.2. The monoisotopic (exact) mass is 223 g/mol. The van der Waals surface area contributed by atoms with Gasteiger partial charge in [0.1, 0.15) is 5.60 Å². The Hall–Kier alpha value is -1.51. The Morgan fingerprint density at radius 1 is 1.44 bits per heavy atom. The summed E-state index contributed by atoms with van der Waals surface area (Å²) in [5.74, 6) is 0. The van der Waals surface area contributed by atoms with E-state index in [0.29, 0.717) is 6.54 Å². The van der Waals surface area contributed by atoms with Gasteiger partial charge in [0.2, 0.25) is 0 Å². The third-order valence-electron chi connectivity index (χ3n) is 1.52. The van der Waals surface area contributed by atoms with Gasteiger partial charge >= 0.3 is 6.09 Å². The van der Waals surface area contributed by atoms with E-state index < -0.39 is 11.7 Å². The number of ether oxygens (including phenoxy) is 1. The molecule has 3 nitrogen and oxygen atoms in total. The van der Waals surface area contributed by atoms with Gasteiger partial charge in [0, 0.05) is 6.54 Å². The average Bonchev–Trinajstić information content (AvgIpc) is 2.10. The first kappa shape index (κ1) is 14.5. The number of hydrogen-bond acceptors (Lipinski definition) is 2. The SMILES string of the molecule is C=C/C=C(C)\C=C\CNC(=O)OC(C)(C)C. The molecule has 0 saturated heterocycles. The third kappa shape index (κ3) is 9.06. The van der Waals surface area contributed by atoms with Crippen LogP contribution in [0, 0.1) is 0 Å². The van der Waals surface area contributed by atoms with Crippen molar-refractivity contribution in [2.24, 2.45) is 0 Å². The van der Waals surface area contributed by atoms with Crippen LogP contribution in [0.3, 0.4) is 0 Å². The van der Waals surface area contributed by atoms with E-state index in [2.05, 4.69) is 11.9 Å². The molecule has 0 fully saturated rings. The number of allylic oxidation sites excluding steroid dienone is 4. The van der Waals surface area contributed by atoms with Crippen molar-refractivity contribution in [3.63, 3.8) is 0 Å². The Morgan fingerprint density at radius 2 is 2.06 bits per heavy atom. The smallest absolute Gasteiger partial charge is 0.407 e. The molecule has 1 N–H and O–H groups in total. The van der Waals surface area contributed by atoms with Crippen LogP contribution in [-0.2, 0) is 4.74 Å². The molecule has 3 heteroatoms. The standard InChI is InChI=1S/C13H21NO2/c1-6-8-11(2)9-7-10-14-12(15)16-13(3,4)5/h6-9H,1,10H2,2-5H3,(H,14,15)/b9-7+,11-8-. The maximum Gasteiger partial charge on any atom is 0.407 e. The number of carbonyl (C=O) groups is 1. The van der Waals surface area contributed by atoms with E-state index in [1.54, 1.807) is 6.08 Å².